The van der Waals surface area contributed by atoms with Gasteiger partial charge in [-0.25, -0.2) is 0 Å². The number of ether oxygens (including phenoxy) is 2. The Balaban J connectivity index is 1.62. The van der Waals surface area contributed by atoms with Crippen LogP contribution in [0.5, 0.6) is 5.75 Å². The maximum Gasteiger partial charge on any atom is 0.251 e. The highest BCUT2D eigenvalue weighted by atomic mass is 16.7. The van der Waals surface area contributed by atoms with E-state index in [1.54, 1.807) is 4.90 Å². The molecule has 0 aromatic heterocycles. The number of carbonyl (C=O) groups is 4. The van der Waals surface area contributed by atoms with Gasteiger partial charge in [-0.2, -0.15) is 0 Å². The number of rotatable bonds is 18. The van der Waals surface area contributed by atoms with Crippen molar-refractivity contribution in [2.75, 3.05) is 31.6 Å². The first kappa shape index (κ1) is 43.6. The van der Waals surface area contributed by atoms with Gasteiger partial charge in [0.1, 0.15) is 61.5 Å². The van der Waals surface area contributed by atoms with Crippen molar-refractivity contribution in [2.24, 2.45) is 0 Å². The minimum atomic E-state index is -1.60. The molecule has 1 aliphatic rings. The molecule has 5 unspecified atom stereocenters. The Kier molecular flexibility index (Phi) is 17.0. The van der Waals surface area contributed by atoms with Crippen LogP contribution in [0.2, 0.25) is 0 Å². The van der Waals surface area contributed by atoms with Crippen molar-refractivity contribution in [3.8, 4) is 5.75 Å². The van der Waals surface area contributed by atoms with Gasteiger partial charge in [-0.1, -0.05) is 52.4 Å². The maximum absolute atomic E-state index is 13.2. The van der Waals surface area contributed by atoms with E-state index in [1.165, 1.54) is 6.92 Å². The number of carbonyl (C=O) groups excluding carboxylic acids is 4. The van der Waals surface area contributed by atoms with Crippen molar-refractivity contribution in [1.29, 1.82) is 0 Å². The van der Waals surface area contributed by atoms with Crippen molar-refractivity contribution in [1.82, 2.24) is 15.5 Å². The highest BCUT2D eigenvalue weighted by molar-refractivity contribution is 6.61. The molecular weight excluding hydrogens is 676 g/mol. The van der Waals surface area contributed by atoms with Gasteiger partial charge in [0.05, 0.1) is 6.61 Å². The monoisotopic (exact) mass is 724 g/mol. The zero-order valence-corrected chi connectivity index (χ0v) is 30.9. The first-order chi connectivity index (χ1) is 25.1. The van der Waals surface area contributed by atoms with E-state index in [0.29, 0.717) is 37.9 Å². The molecule has 2 aromatic rings. The lowest BCUT2D eigenvalue weighted by Crippen LogP contribution is -2.65. The largest absolute Gasteiger partial charge is 0.464 e. The SMILES string of the molecule is [B]c1c([B])c(OC2OC(CO)C(O)C(O)C2NC(C)=O)c([B])c([B])c1NC(=O)CCN(CCCCCNC(=O)c1cc(C)cc(C)c1)C(=O)CCCC. The number of anilines is 1. The van der Waals surface area contributed by atoms with Crippen LogP contribution in [-0.2, 0) is 19.1 Å². The Morgan fingerprint density at radius 1 is 0.868 bits per heavy atom. The third kappa shape index (κ3) is 12.1. The van der Waals surface area contributed by atoms with Crippen LogP contribution in [0.1, 0.15) is 80.3 Å². The van der Waals surface area contributed by atoms with Crippen molar-refractivity contribution >= 4 is 82.6 Å². The standard InChI is InChI=1S/C36H48B4N4O9/c1-5-6-10-25(48)44(13-9-7-8-12-41-35(51)22-16-19(2)15-20(3)17-22)14-11-24(47)43-30-26(37)28(39)34(29(40)27(30)38)53-36-31(42-21(4)46)33(50)32(49)23(18-45)52-36/h15-17,23,31-33,36,45,49-50H,5-14,18H2,1-4H3,(H,41,51)(H,42,46)(H,43,47). The first-order valence-corrected chi connectivity index (χ1v) is 17.9. The van der Waals surface area contributed by atoms with Crippen molar-refractivity contribution < 1.29 is 44.0 Å². The van der Waals surface area contributed by atoms with E-state index in [9.17, 15) is 34.5 Å². The summed E-state index contributed by atoms with van der Waals surface area (Å²) in [6, 6.07) is 4.40. The number of hydrogen-bond donors (Lipinski definition) is 6. The molecule has 4 amide bonds. The highest BCUT2D eigenvalue weighted by Gasteiger charge is 2.46. The van der Waals surface area contributed by atoms with E-state index < -0.39 is 49.1 Å². The van der Waals surface area contributed by atoms with Gasteiger partial charge in [0.15, 0.2) is 0 Å². The fraction of sp³-hybridized carbons (Fsp3) is 0.556. The van der Waals surface area contributed by atoms with Crippen LogP contribution in [0, 0.1) is 13.8 Å². The summed E-state index contributed by atoms with van der Waals surface area (Å²) in [6.07, 6.45) is -1.94. The van der Waals surface area contributed by atoms with E-state index in [-0.39, 0.29) is 58.1 Å². The van der Waals surface area contributed by atoms with Crippen LogP contribution in [0.15, 0.2) is 18.2 Å². The Hall–Kier alpha value is -3.78. The summed E-state index contributed by atoms with van der Waals surface area (Å²) in [5.74, 6) is -1.55. The molecule has 2 aromatic carbocycles. The Labute approximate surface area is 317 Å². The summed E-state index contributed by atoms with van der Waals surface area (Å²) in [4.78, 5) is 52.2. The van der Waals surface area contributed by atoms with E-state index >= 15 is 0 Å². The van der Waals surface area contributed by atoms with Crippen LogP contribution in [0.3, 0.4) is 0 Å². The van der Waals surface area contributed by atoms with Crippen molar-refractivity contribution in [3.05, 3.63) is 34.9 Å². The number of aliphatic hydroxyl groups excluding tert-OH is 3. The molecule has 278 valence electrons. The number of unbranched alkanes of at least 4 members (excludes halogenated alkanes) is 3. The molecule has 1 aliphatic heterocycles. The molecule has 1 fully saturated rings. The Bertz CT molecular complexity index is 1570. The number of benzene rings is 2. The zero-order valence-electron chi connectivity index (χ0n) is 30.9. The number of hydrogen-bond acceptors (Lipinski definition) is 9. The average molecular weight is 724 g/mol. The topological polar surface area (TPSA) is 187 Å². The van der Waals surface area contributed by atoms with Gasteiger partial charge in [-0.05, 0) is 51.7 Å². The molecule has 0 saturated carbocycles. The second-order valence-corrected chi connectivity index (χ2v) is 13.4. The lowest BCUT2D eigenvalue weighted by Gasteiger charge is -2.42. The minimum Gasteiger partial charge on any atom is -0.464 e. The molecule has 0 bridgehead atoms. The minimum absolute atomic E-state index is 0.0691. The molecule has 0 aliphatic carbocycles. The fourth-order valence-corrected chi connectivity index (χ4v) is 6.05. The molecule has 5 atom stereocenters. The molecule has 53 heavy (non-hydrogen) atoms. The van der Waals surface area contributed by atoms with E-state index in [4.69, 9.17) is 40.9 Å². The third-order valence-electron chi connectivity index (χ3n) is 8.94. The van der Waals surface area contributed by atoms with Gasteiger partial charge >= 0.3 is 0 Å². The third-order valence-corrected chi connectivity index (χ3v) is 8.94. The molecule has 1 heterocycles. The fourth-order valence-electron chi connectivity index (χ4n) is 6.05. The molecule has 17 heteroatoms. The highest BCUT2D eigenvalue weighted by Crippen LogP contribution is 2.23. The number of amides is 4. The molecular formula is C36H48B4N4O9. The molecule has 13 nitrogen and oxygen atoms in total. The number of aryl methyl sites for hydroxylation is 2. The Morgan fingerprint density at radius 2 is 1.51 bits per heavy atom. The second kappa shape index (κ2) is 20.6. The second-order valence-electron chi connectivity index (χ2n) is 13.4. The first-order valence-electron chi connectivity index (χ1n) is 17.9. The van der Waals surface area contributed by atoms with Crippen LogP contribution in [0.4, 0.5) is 5.69 Å². The number of nitrogens with zero attached hydrogens (tertiary/aromatic N) is 1. The quantitative estimate of drug-likeness (QED) is 0.0730. The summed E-state index contributed by atoms with van der Waals surface area (Å²) >= 11 is 0. The molecule has 1 saturated heterocycles. The average Bonchev–Trinajstić information content (AvgIpc) is 3.11. The van der Waals surface area contributed by atoms with Crippen LogP contribution < -0.4 is 42.5 Å². The molecule has 6 N–H and O–H groups in total. The summed E-state index contributed by atoms with van der Waals surface area (Å²) in [7, 11) is 25.1. The predicted octanol–water partition coefficient (Wildman–Crippen LogP) is -2.25. The molecule has 3 rings (SSSR count). The van der Waals surface area contributed by atoms with E-state index in [2.05, 4.69) is 16.0 Å². The summed E-state index contributed by atoms with van der Waals surface area (Å²) < 4.78 is 11.4. The zero-order chi connectivity index (χ0) is 39.4. The summed E-state index contributed by atoms with van der Waals surface area (Å²) in [5, 5.41) is 38.5. The predicted molar refractivity (Wildman–Crippen MR) is 205 cm³/mol. The van der Waals surface area contributed by atoms with Gasteiger partial charge in [-0.3, -0.25) is 19.2 Å². The van der Waals surface area contributed by atoms with Crippen molar-refractivity contribution in [3.63, 3.8) is 0 Å². The van der Waals surface area contributed by atoms with E-state index in [1.807, 2.05) is 39.0 Å². The van der Waals surface area contributed by atoms with Gasteiger partial charge in [0.25, 0.3) is 5.91 Å². The lowest BCUT2D eigenvalue weighted by molar-refractivity contribution is -0.244. The summed E-state index contributed by atoms with van der Waals surface area (Å²) in [6.45, 7) is 7.45. The van der Waals surface area contributed by atoms with E-state index in [0.717, 1.165) is 30.4 Å². The number of nitrogens with one attached hydrogen (secondary N) is 3. The lowest BCUT2D eigenvalue weighted by atomic mass is 9.68. The normalized spacial score (nSPS) is 19.6. The molecule has 8 radical (unpaired) electrons. The van der Waals surface area contributed by atoms with Gasteiger partial charge in [0.2, 0.25) is 24.0 Å². The smallest absolute Gasteiger partial charge is 0.251 e. The number of aliphatic hydroxyl groups is 3. The van der Waals surface area contributed by atoms with Gasteiger partial charge in [-0.15, -0.1) is 0 Å². The van der Waals surface area contributed by atoms with Gasteiger partial charge in [0, 0.05) is 50.7 Å². The van der Waals surface area contributed by atoms with Crippen LogP contribution in [0.25, 0.3) is 0 Å². The maximum atomic E-state index is 13.2. The van der Waals surface area contributed by atoms with Crippen molar-refractivity contribution in [2.45, 2.75) is 103 Å². The van der Waals surface area contributed by atoms with Crippen LogP contribution in [-0.4, -0.2) is 132 Å². The Morgan fingerprint density at radius 3 is 2.09 bits per heavy atom. The van der Waals surface area contributed by atoms with Gasteiger partial charge < -0.3 is 45.6 Å². The molecule has 0 spiro atoms. The van der Waals surface area contributed by atoms with Crippen LogP contribution >= 0.6 is 0 Å². The summed E-state index contributed by atoms with van der Waals surface area (Å²) in [5.41, 5.74) is 1.74.